The molecule has 0 radical (unpaired) electrons. The molecule has 27 heavy (non-hydrogen) atoms. The van der Waals surface area contributed by atoms with Crippen molar-refractivity contribution in [2.75, 3.05) is 13.1 Å². The molecule has 0 aliphatic rings. The molecule has 7 nitrogen and oxygen atoms in total. The monoisotopic (exact) mass is 392 g/mol. The summed E-state index contributed by atoms with van der Waals surface area (Å²) in [7, 11) is -3.86. The van der Waals surface area contributed by atoms with E-state index < -0.39 is 26.9 Å². The van der Waals surface area contributed by atoms with Gasteiger partial charge in [-0.3, -0.25) is 9.59 Å². The van der Waals surface area contributed by atoms with E-state index in [9.17, 15) is 18.0 Å². The topological polar surface area (TPSA) is 105 Å². The van der Waals surface area contributed by atoms with E-state index in [1.165, 1.54) is 12.3 Å². The van der Waals surface area contributed by atoms with Gasteiger partial charge in [-0.2, -0.15) is 0 Å². The molecule has 2 N–H and O–H groups in total. The number of carbonyl (C=O) groups excluding carboxylic acids is 2. The van der Waals surface area contributed by atoms with E-state index >= 15 is 0 Å². The molecule has 1 aromatic carbocycles. The standard InChI is InChI=1S/C19H24N2O5S/c1-4-9-20-18(22)19(23)21-12-17(15-6-5-10-26-15)27(24,25)16-11-13(2)7-8-14(16)3/h5-8,10-11,17H,4,9,12H2,1-3H3,(H,20,22)(H,21,23)/t17-/m0/s1. The number of hydrogen-bond donors (Lipinski definition) is 2. The van der Waals surface area contributed by atoms with Gasteiger partial charge < -0.3 is 15.1 Å². The molecule has 0 fully saturated rings. The highest BCUT2D eigenvalue weighted by Crippen LogP contribution is 2.31. The minimum Gasteiger partial charge on any atom is -0.468 e. The van der Waals surface area contributed by atoms with Gasteiger partial charge in [0.25, 0.3) is 0 Å². The minimum absolute atomic E-state index is 0.175. The van der Waals surface area contributed by atoms with Crippen molar-refractivity contribution in [1.29, 1.82) is 0 Å². The predicted octanol–water partition coefficient (Wildman–Crippen LogP) is 2.05. The van der Waals surface area contributed by atoms with E-state index in [1.807, 2.05) is 13.0 Å². The summed E-state index contributed by atoms with van der Waals surface area (Å²) >= 11 is 0. The van der Waals surface area contributed by atoms with Crippen molar-refractivity contribution in [3.63, 3.8) is 0 Å². The molecule has 0 bridgehead atoms. The number of aryl methyl sites for hydroxylation is 2. The van der Waals surface area contributed by atoms with Crippen molar-refractivity contribution in [3.05, 3.63) is 53.5 Å². The zero-order valence-corrected chi connectivity index (χ0v) is 16.4. The Morgan fingerprint density at radius 2 is 1.81 bits per heavy atom. The maximum atomic E-state index is 13.2. The molecule has 1 aromatic heterocycles. The van der Waals surface area contributed by atoms with E-state index in [0.29, 0.717) is 18.5 Å². The third-order valence-electron chi connectivity index (χ3n) is 4.08. The molecule has 0 saturated carbocycles. The highest BCUT2D eigenvalue weighted by molar-refractivity contribution is 7.91. The molecule has 0 spiro atoms. The Hall–Kier alpha value is -2.61. The first-order valence-electron chi connectivity index (χ1n) is 8.68. The molecule has 2 aromatic rings. The lowest BCUT2D eigenvalue weighted by atomic mass is 10.2. The fraction of sp³-hybridized carbons (Fsp3) is 0.368. The van der Waals surface area contributed by atoms with Gasteiger partial charge in [0.2, 0.25) is 0 Å². The number of hydrogen-bond acceptors (Lipinski definition) is 5. The highest BCUT2D eigenvalue weighted by Gasteiger charge is 2.33. The molecule has 146 valence electrons. The summed E-state index contributed by atoms with van der Waals surface area (Å²) in [5.41, 5.74) is 1.41. The summed E-state index contributed by atoms with van der Waals surface area (Å²) in [6.07, 6.45) is 2.06. The lowest BCUT2D eigenvalue weighted by Gasteiger charge is -2.18. The predicted molar refractivity (Wildman–Crippen MR) is 101 cm³/mol. The summed E-state index contributed by atoms with van der Waals surface area (Å²) in [6.45, 7) is 5.47. The molecule has 0 saturated heterocycles. The molecule has 0 aliphatic heterocycles. The fourth-order valence-corrected chi connectivity index (χ4v) is 4.51. The summed E-state index contributed by atoms with van der Waals surface area (Å²) in [6, 6.07) is 8.28. The van der Waals surface area contributed by atoms with Gasteiger partial charge in [-0.25, -0.2) is 8.42 Å². The molecule has 0 aliphatic carbocycles. The lowest BCUT2D eigenvalue weighted by Crippen LogP contribution is -2.42. The quantitative estimate of drug-likeness (QED) is 0.702. The third-order valence-corrected chi connectivity index (χ3v) is 6.28. The molecule has 2 amide bonds. The van der Waals surface area contributed by atoms with Crippen LogP contribution in [0.25, 0.3) is 0 Å². The van der Waals surface area contributed by atoms with Crippen LogP contribution in [-0.2, 0) is 19.4 Å². The first-order valence-corrected chi connectivity index (χ1v) is 10.2. The van der Waals surface area contributed by atoms with Crippen molar-refractivity contribution in [2.24, 2.45) is 0 Å². The molecule has 1 heterocycles. The van der Waals surface area contributed by atoms with Crippen LogP contribution in [0.15, 0.2) is 45.9 Å². The highest BCUT2D eigenvalue weighted by atomic mass is 32.2. The second-order valence-corrected chi connectivity index (χ2v) is 8.38. The van der Waals surface area contributed by atoms with Crippen molar-refractivity contribution in [2.45, 2.75) is 37.3 Å². The van der Waals surface area contributed by atoms with Gasteiger partial charge in [0.15, 0.2) is 9.84 Å². The normalized spacial score (nSPS) is 12.4. The molecule has 8 heteroatoms. The van der Waals surface area contributed by atoms with Crippen LogP contribution < -0.4 is 10.6 Å². The molecular weight excluding hydrogens is 368 g/mol. The Bertz CT molecular complexity index is 904. The van der Waals surface area contributed by atoms with Crippen LogP contribution in [0.5, 0.6) is 0 Å². The zero-order chi connectivity index (χ0) is 20.0. The number of amides is 2. The van der Waals surface area contributed by atoms with Gasteiger partial charge in [-0.1, -0.05) is 19.1 Å². The Labute approximate surface area is 159 Å². The molecular formula is C19H24N2O5S. The van der Waals surface area contributed by atoms with Gasteiger partial charge in [-0.15, -0.1) is 0 Å². The summed E-state index contributed by atoms with van der Waals surface area (Å²) in [5.74, 6) is -1.47. The van der Waals surface area contributed by atoms with Crippen LogP contribution in [0.3, 0.4) is 0 Å². The van der Waals surface area contributed by atoms with Crippen LogP contribution in [0, 0.1) is 13.8 Å². The van der Waals surface area contributed by atoms with E-state index in [0.717, 1.165) is 5.56 Å². The van der Waals surface area contributed by atoms with Gasteiger partial charge >= 0.3 is 11.8 Å². The first kappa shape index (κ1) is 20.7. The number of benzene rings is 1. The van der Waals surface area contributed by atoms with Crippen LogP contribution in [0.4, 0.5) is 0 Å². The van der Waals surface area contributed by atoms with Crippen LogP contribution >= 0.6 is 0 Å². The number of sulfone groups is 1. The Kier molecular flexibility index (Phi) is 6.79. The van der Waals surface area contributed by atoms with Crippen molar-refractivity contribution < 1.29 is 22.4 Å². The SMILES string of the molecule is CCCNC(=O)C(=O)NC[C@@H](c1ccco1)S(=O)(=O)c1cc(C)ccc1C. The largest absolute Gasteiger partial charge is 0.468 e. The number of carbonyl (C=O) groups is 2. The van der Waals surface area contributed by atoms with E-state index in [-0.39, 0.29) is 17.2 Å². The van der Waals surface area contributed by atoms with Crippen molar-refractivity contribution in [3.8, 4) is 0 Å². The van der Waals surface area contributed by atoms with Crippen molar-refractivity contribution in [1.82, 2.24) is 10.6 Å². The lowest BCUT2D eigenvalue weighted by molar-refractivity contribution is -0.139. The minimum atomic E-state index is -3.86. The number of nitrogens with one attached hydrogen (secondary N) is 2. The van der Waals surface area contributed by atoms with E-state index in [1.54, 1.807) is 32.0 Å². The summed E-state index contributed by atoms with van der Waals surface area (Å²) in [5, 5.41) is 3.71. The van der Waals surface area contributed by atoms with Crippen LogP contribution in [-0.4, -0.2) is 33.3 Å². The summed E-state index contributed by atoms with van der Waals surface area (Å²) in [4.78, 5) is 23.9. The Morgan fingerprint density at radius 1 is 1.11 bits per heavy atom. The van der Waals surface area contributed by atoms with Gasteiger partial charge in [0.05, 0.1) is 11.2 Å². The van der Waals surface area contributed by atoms with Crippen LogP contribution in [0.1, 0.15) is 35.5 Å². The average molecular weight is 392 g/mol. The molecule has 1 atom stereocenters. The van der Waals surface area contributed by atoms with Gasteiger partial charge in [0, 0.05) is 13.1 Å². The second kappa shape index (κ2) is 8.85. The molecule has 2 rings (SSSR count). The number of rotatable bonds is 7. The fourth-order valence-electron chi connectivity index (χ4n) is 2.59. The maximum absolute atomic E-state index is 13.2. The van der Waals surface area contributed by atoms with Crippen LogP contribution in [0.2, 0.25) is 0 Å². The smallest absolute Gasteiger partial charge is 0.309 e. The second-order valence-electron chi connectivity index (χ2n) is 6.28. The van der Waals surface area contributed by atoms with E-state index in [2.05, 4.69) is 10.6 Å². The number of furan rings is 1. The average Bonchev–Trinajstić information content (AvgIpc) is 3.15. The molecule has 0 unspecified atom stereocenters. The Morgan fingerprint density at radius 3 is 2.44 bits per heavy atom. The van der Waals surface area contributed by atoms with Crippen molar-refractivity contribution >= 4 is 21.7 Å². The van der Waals surface area contributed by atoms with E-state index in [4.69, 9.17) is 4.42 Å². The first-order chi connectivity index (χ1) is 12.8. The zero-order valence-electron chi connectivity index (χ0n) is 15.6. The third kappa shape index (κ3) is 4.97. The Balaban J connectivity index is 2.29. The van der Waals surface area contributed by atoms with Gasteiger partial charge in [-0.05, 0) is 49.6 Å². The summed E-state index contributed by atoms with van der Waals surface area (Å²) < 4.78 is 31.8. The van der Waals surface area contributed by atoms with Gasteiger partial charge in [0.1, 0.15) is 11.0 Å². The maximum Gasteiger partial charge on any atom is 0.309 e.